The van der Waals surface area contributed by atoms with Crippen molar-refractivity contribution >= 4 is 28.3 Å². The van der Waals surface area contributed by atoms with Crippen LogP contribution in [0.5, 0.6) is 0 Å². The number of piperidine rings is 1. The second-order valence-corrected chi connectivity index (χ2v) is 6.40. The van der Waals surface area contributed by atoms with Crippen LogP contribution in [0.3, 0.4) is 0 Å². The Bertz CT molecular complexity index is 514. The van der Waals surface area contributed by atoms with E-state index in [-0.39, 0.29) is 18.4 Å². The number of aromatic nitrogens is 2. The number of nitrogens with one attached hydrogen (secondary N) is 1. The summed E-state index contributed by atoms with van der Waals surface area (Å²) in [6.07, 6.45) is 2.39. The molecule has 1 aromatic heterocycles. The van der Waals surface area contributed by atoms with Crippen LogP contribution >= 0.6 is 11.3 Å². The van der Waals surface area contributed by atoms with Crippen LogP contribution in [0.15, 0.2) is 0 Å². The SMILES string of the molecule is CC(C)(NC(=O)CN1CCCCC1=O)c1nnc(N)s1. The van der Waals surface area contributed by atoms with Crippen molar-refractivity contribution in [3.8, 4) is 0 Å². The van der Waals surface area contributed by atoms with Gasteiger partial charge in [0.25, 0.3) is 0 Å². The van der Waals surface area contributed by atoms with Crippen molar-refractivity contribution in [1.82, 2.24) is 20.4 Å². The Morgan fingerprint density at radius 1 is 1.45 bits per heavy atom. The summed E-state index contributed by atoms with van der Waals surface area (Å²) in [4.78, 5) is 25.4. The lowest BCUT2D eigenvalue weighted by molar-refractivity contribution is -0.138. The summed E-state index contributed by atoms with van der Waals surface area (Å²) in [5.41, 5.74) is 4.91. The Hall–Kier alpha value is -1.70. The van der Waals surface area contributed by atoms with E-state index in [1.807, 2.05) is 13.8 Å². The highest BCUT2D eigenvalue weighted by Crippen LogP contribution is 2.24. The van der Waals surface area contributed by atoms with E-state index in [2.05, 4.69) is 15.5 Å². The molecule has 1 aliphatic heterocycles. The van der Waals surface area contributed by atoms with E-state index in [4.69, 9.17) is 5.73 Å². The molecular weight excluding hydrogens is 278 g/mol. The van der Waals surface area contributed by atoms with Crippen LogP contribution in [0.2, 0.25) is 0 Å². The Balaban J connectivity index is 1.95. The highest BCUT2D eigenvalue weighted by Gasteiger charge is 2.29. The molecular formula is C12H19N5O2S. The fourth-order valence-electron chi connectivity index (χ4n) is 2.13. The fraction of sp³-hybridized carbons (Fsp3) is 0.667. The molecule has 8 heteroatoms. The number of nitrogens with zero attached hydrogens (tertiary/aromatic N) is 3. The molecule has 2 rings (SSSR count). The monoisotopic (exact) mass is 297 g/mol. The summed E-state index contributed by atoms with van der Waals surface area (Å²) in [6.45, 7) is 4.42. The predicted molar refractivity (Wildman–Crippen MR) is 75.9 cm³/mol. The first-order chi connectivity index (χ1) is 9.38. The van der Waals surface area contributed by atoms with Crippen LogP contribution in [0.1, 0.15) is 38.1 Å². The maximum atomic E-state index is 12.1. The fourth-order valence-corrected chi connectivity index (χ4v) is 2.80. The predicted octanol–water partition coefficient (Wildman–Crippen LogP) is 0.484. The van der Waals surface area contributed by atoms with Crippen molar-refractivity contribution in [2.45, 2.75) is 38.6 Å². The van der Waals surface area contributed by atoms with Crippen LogP contribution in [-0.4, -0.2) is 40.0 Å². The zero-order valence-electron chi connectivity index (χ0n) is 11.7. The number of likely N-dealkylation sites (tertiary alicyclic amines) is 1. The first-order valence-electron chi connectivity index (χ1n) is 6.57. The van der Waals surface area contributed by atoms with Crippen LogP contribution in [-0.2, 0) is 15.1 Å². The standard InChI is InChI=1S/C12H19N5O2S/c1-12(2,10-15-16-11(13)20-10)14-8(18)7-17-6-4-3-5-9(17)19/h3-7H2,1-2H3,(H2,13,16)(H,14,18). The van der Waals surface area contributed by atoms with Crippen molar-refractivity contribution in [3.05, 3.63) is 5.01 Å². The summed E-state index contributed by atoms with van der Waals surface area (Å²) in [5, 5.41) is 11.6. The highest BCUT2D eigenvalue weighted by atomic mass is 32.1. The van der Waals surface area contributed by atoms with Gasteiger partial charge in [-0.05, 0) is 26.7 Å². The normalized spacial score (nSPS) is 16.3. The number of nitrogen functional groups attached to an aromatic ring is 1. The number of rotatable bonds is 4. The summed E-state index contributed by atoms with van der Waals surface area (Å²) in [7, 11) is 0. The first kappa shape index (κ1) is 14.7. The van der Waals surface area contributed by atoms with Crippen molar-refractivity contribution in [3.63, 3.8) is 0 Å². The van der Waals surface area contributed by atoms with Crippen molar-refractivity contribution < 1.29 is 9.59 Å². The first-order valence-corrected chi connectivity index (χ1v) is 7.38. The minimum atomic E-state index is -0.648. The van der Waals surface area contributed by atoms with Crippen molar-refractivity contribution in [2.24, 2.45) is 0 Å². The lowest BCUT2D eigenvalue weighted by Crippen LogP contribution is -2.48. The zero-order valence-corrected chi connectivity index (χ0v) is 12.5. The van der Waals surface area contributed by atoms with Gasteiger partial charge >= 0.3 is 0 Å². The quantitative estimate of drug-likeness (QED) is 0.842. The molecule has 0 unspecified atom stereocenters. The van der Waals surface area contributed by atoms with Gasteiger partial charge in [-0.1, -0.05) is 11.3 Å². The molecule has 0 aromatic carbocycles. The van der Waals surface area contributed by atoms with E-state index in [9.17, 15) is 9.59 Å². The van der Waals surface area contributed by atoms with E-state index >= 15 is 0 Å². The molecule has 1 aliphatic rings. The Kier molecular flexibility index (Phi) is 4.22. The van der Waals surface area contributed by atoms with Crippen LogP contribution < -0.4 is 11.1 Å². The smallest absolute Gasteiger partial charge is 0.240 e. The molecule has 20 heavy (non-hydrogen) atoms. The molecule has 0 bridgehead atoms. The largest absolute Gasteiger partial charge is 0.374 e. The molecule has 7 nitrogen and oxygen atoms in total. The summed E-state index contributed by atoms with van der Waals surface area (Å²) in [6, 6.07) is 0. The third kappa shape index (κ3) is 3.44. The molecule has 3 N–H and O–H groups in total. The topological polar surface area (TPSA) is 101 Å². The van der Waals surface area contributed by atoms with Gasteiger partial charge < -0.3 is 16.0 Å². The third-order valence-electron chi connectivity index (χ3n) is 3.18. The van der Waals surface area contributed by atoms with Gasteiger partial charge in [-0.3, -0.25) is 9.59 Å². The van der Waals surface area contributed by atoms with E-state index in [1.54, 1.807) is 4.90 Å². The minimum Gasteiger partial charge on any atom is -0.374 e. The molecule has 0 radical (unpaired) electrons. The van der Waals surface area contributed by atoms with E-state index < -0.39 is 5.54 Å². The summed E-state index contributed by atoms with van der Waals surface area (Å²) < 4.78 is 0. The van der Waals surface area contributed by atoms with Crippen LogP contribution in [0.25, 0.3) is 0 Å². The molecule has 2 heterocycles. The van der Waals surface area contributed by atoms with Gasteiger partial charge in [0, 0.05) is 13.0 Å². The van der Waals surface area contributed by atoms with Gasteiger partial charge in [-0.2, -0.15) is 0 Å². The van der Waals surface area contributed by atoms with Gasteiger partial charge in [0.1, 0.15) is 5.01 Å². The van der Waals surface area contributed by atoms with Crippen molar-refractivity contribution in [2.75, 3.05) is 18.8 Å². The van der Waals surface area contributed by atoms with E-state index in [1.165, 1.54) is 11.3 Å². The number of amides is 2. The Morgan fingerprint density at radius 2 is 2.20 bits per heavy atom. The molecule has 110 valence electrons. The molecule has 1 saturated heterocycles. The highest BCUT2D eigenvalue weighted by molar-refractivity contribution is 7.15. The summed E-state index contributed by atoms with van der Waals surface area (Å²) in [5.74, 6) is -0.150. The maximum Gasteiger partial charge on any atom is 0.240 e. The van der Waals surface area contributed by atoms with Gasteiger partial charge in [0.15, 0.2) is 0 Å². The zero-order chi connectivity index (χ0) is 14.8. The summed E-state index contributed by atoms with van der Waals surface area (Å²) >= 11 is 1.24. The third-order valence-corrected chi connectivity index (χ3v) is 4.26. The number of carbonyl (C=O) groups is 2. The average Bonchev–Trinajstić information content (AvgIpc) is 2.79. The number of nitrogens with two attached hydrogens (primary N) is 1. The number of anilines is 1. The van der Waals surface area contributed by atoms with Crippen LogP contribution in [0, 0.1) is 0 Å². The van der Waals surface area contributed by atoms with Crippen molar-refractivity contribution in [1.29, 1.82) is 0 Å². The lowest BCUT2D eigenvalue weighted by atomic mass is 10.1. The molecule has 1 aromatic rings. The number of carbonyl (C=O) groups excluding carboxylic acids is 2. The van der Waals surface area contributed by atoms with Crippen LogP contribution in [0.4, 0.5) is 5.13 Å². The number of hydrogen-bond donors (Lipinski definition) is 2. The second kappa shape index (κ2) is 5.74. The Labute approximate surface area is 121 Å². The second-order valence-electron chi connectivity index (χ2n) is 5.39. The number of hydrogen-bond acceptors (Lipinski definition) is 6. The lowest BCUT2D eigenvalue weighted by Gasteiger charge is -2.29. The minimum absolute atomic E-state index is 0.0457. The maximum absolute atomic E-state index is 12.1. The molecule has 0 spiro atoms. The van der Waals surface area contributed by atoms with Gasteiger partial charge in [0.05, 0.1) is 12.1 Å². The van der Waals surface area contributed by atoms with E-state index in [0.717, 1.165) is 12.8 Å². The Morgan fingerprint density at radius 3 is 2.80 bits per heavy atom. The average molecular weight is 297 g/mol. The van der Waals surface area contributed by atoms with Gasteiger partial charge in [0.2, 0.25) is 16.9 Å². The van der Waals surface area contributed by atoms with Gasteiger partial charge in [-0.15, -0.1) is 10.2 Å². The van der Waals surface area contributed by atoms with Gasteiger partial charge in [-0.25, -0.2) is 0 Å². The van der Waals surface area contributed by atoms with E-state index in [0.29, 0.717) is 23.1 Å². The molecule has 0 saturated carbocycles. The molecule has 0 atom stereocenters. The molecule has 1 fully saturated rings. The molecule has 0 aliphatic carbocycles. The molecule has 2 amide bonds.